The standard InChI is InChI=1S/4CH3.2Cu.Mo.H2O4S.S2.2H2S/c;;;;;;;1-5(2,3)4;1-2;;/h4*1H3;;;;(H2,1,2,3,4);;2*1H2/q4*-1;3*+2;;-2;;/p-2. The maximum Gasteiger partial charge on any atom is 2.00 e. The van der Waals surface area contributed by atoms with Crippen molar-refractivity contribution < 1.29 is 72.7 Å². The summed E-state index contributed by atoms with van der Waals surface area (Å²) in [5.41, 5.74) is 0. The van der Waals surface area contributed by atoms with Crippen LogP contribution < -0.4 is 0 Å². The third kappa shape index (κ3) is 484. The Morgan fingerprint density at radius 1 is 0.750 bits per heavy atom. The summed E-state index contributed by atoms with van der Waals surface area (Å²) >= 11 is 7.33. The van der Waals surface area contributed by atoms with Gasteiger partial charge in [0.25, 0.3) is 0 Å². The van der Waals surface area contributed by atoms with E-state index in [0.717, 1.165) is 0 Å². The molecule has 0 heterocycles. The van der Waals surface area contributed by atoms with Crippen molar-refractivity contribution in [2.75, 3.05) is 0 Å². The molecular weight excluding hydrogens is 495 g/mol. The second-order valence-corrected chi connectivity index (χ2v) is 1.34. The van der Waals surface area contributed by atoms with Crippen molar-refractivity contribution in [1.29, 1.82) is 0 Å². The zero-order chi connectivity index (χ0) is 6.50. The average molecular weight is 512 g/mol. The first kappa shape index (κ1) is 96.2. The van der Waals surface area contributed by atoms with Gasteiger partial charge in [0.1, 0.15) is 0 Å². The van der Waals surface area contributed by atoms with Gasteiger partial charge >= 0.3 is 65.6 Å². The number of rotatable bonds is 0. The van der Waals surface area contributed by atoms with Crippen molar-refractivity contribution in [3.63, 3.8) is 0 Å². The van der Waals surface area contributed by atoms with E-state index in [1.165, 1.54) is 0 Å². The van der Waals surface area contributed by atoms with Crippen LogP contribution in [0.2, 0.25) is 0 Å². The monoisotopic (exact) mass is 512 g/mol. The molecule has 0 saturated carbocycles. The molecule has 0 fully saturated rings. The molecule has 116 valence electrons. The van der Waals surface area contributed by atoms with Crippen molar-refractivity contribution >= 4 is 60.7 Å². The molecule has 0 rings (SSSR count). The number of thiol groups is 2. The summed E-state index contributed by atoms with van der Waals surface area (Å²) in [6, 6.07) is 0. The molecule has 16 heavy (non-hydrogen) atoms. The van der Waals surface area contributed by atoms with Gasteiger partial charge in [-0.25, -0.2) is 0 Å². The van der Waals surface area contributed by atoms with Crippen molar-refractivity contribution in [2.24, 2.45) is 0 Å². The molecule has 0 spiro atoms. The van der Waals surface area contributed by atoms with Crippen LogP contribution in [0.15, 0.2) is 0 Å². The van der Waals surface area contributed by atoms with Crippen LogP contribution in [-0.2, 0) is 116 Å². The third-order valence-corrected chi connectivity index (χ3v) is 0. The van der Waals surface area contributed by atoms with E-state index in [-0.39, 0.29) is 112 Å². The summed E-state index contributed by atoms with van der Waals surface area (Å²) in [6.07, 6.45) is 0. The Bertz CT molecular complexity index is 118. The Hall–Kier alpha value is 3.00. The van der Waals surface area contributed by atoms with E-state index >= 15 is 0 Å². The summed E-state index contributed by atoms with van der Waals surface area (Å²) in [4.78, 5) is 0. The summed E-state index contributed by atoms with van der Waals surface area (Å²) < 4.78 is 31.6. The largest absolute Gasteiger partial charge is 2.00 e. The van der Waals surface area contributed by atoms with Crippen LogP contribution in [0.4, 0.5) is 0 Å². The first-order chi connectivity index (χ1) is 3.00. The Labute approximate surface area is 161 Å². The second-order valence-electron chi connectivity index (χ2n) is 0.448. The van der Waals surface area contributed by atoms with E-state index in [2.05, 4.69) is 23.3 Å². The van der Waals surface area contributed by atoms with Crippen LogP contribution in [0.5, 0.6) is 0 Å². The van der Waals surface area contributed by atoms with Gasteiger partial charge in [-0.05, 0) is 0 Å². The van der Waals surface area contributed by atoms with E-state index in [4.69, 9.17) is 17.5 Å². The predicted molar refractivity (Wildman–Crippen MR) is 72.1 cm³/mol. The van der Waals surface area contributed by atoms with Crippen LogP contribution >= 0.6 is 0 Å². The molecular formula is C4H16Cu2MoO4S5-2. The molecule has 2 N–H and O–H groups in total. The van der Waals surface area contributed by atoms with E-state index in [9.17, 15) is 0 Å². The van der Waals surface area contributed by atoms with E-state index in [1.54, 1.807) is 0 Å². The molecule has 0 aromatic carbocycles. The molecule has 0 aliphatic heterocycles. The minimum atomic E-state index is -4.67. The first-order valence-electron chi connectivity index (χ1n) is 0.865. The molecule has 0 saturated heterocycles. The average Bonchev–Trinajstić information content (AvgIpc) is 1.36. The van der Waals surface area contributed by atoms with Crippen molar-refractivity contribution in [3.8, 4) is 0 Å². The summed E-state index contributed by atoms with van der Waals surface area (Å²) in [6.45, 7) is 0. The topological polar surface area (TPSA) is 74.6 Å². The van der Waals surface area contributed by atoms with Crippen LogP contribution in [0.1, 0.15) is 0 Å². The third-order valence-electron chi connectivity index (χ3n) is 0. The second kappa shape index (κ2) is 64.2. The molecule has 0 aliphatic carbocycles. The first-order valence-corrected chi connectivity index (χ1v) is 3.60. The van der Waals surface area contributed by atoms with E-state index < -0.39 is 10.4 Å². The molecule has 12 heteroatoms. The van der Waals surface area contributed by atoms with Crippen LogP contribution in [0.3, 0.4) is 0 Å². The quantitative estimate of drug-likeness (QED) is 0.122. The maximum absolute atomic E-state index is 8.74. The molecule has 4 nitrogen and oxygen atoms in total. The Morgan fingerprint density at radius 2 is 0.750 bits per heavy atom. The number of hydrogen-bond donors (Lipinski definition) is 2. The van der Waals surface area contributed by atoms with E-state index in [1.807, 2.05) is 0 Å². The zero-order valence-electron chi connectivity index (χ0n) is 8.84. The molecule has 0 aromatic rings. The van der Waals surface area contributed by atoms with Gasteiger partial charge in [0, 0.05) is 0 Å². The van der Waals surface area contributed by atoms with Crippen LogP contribution in [0.25, 0.3) is 0 Å². The van der Waals surface area contributed by atoms with Crippen molar-refractivity contribution in [2.45, 2.75) is 0 Å². The Morgan fingerprint density at radius 3 is 0.750 bits per heavy atom. The van der Waals surface area contributed by atoms with Crippen molar-refractivity contribution in [3.05, 3.63) is 29.7 Å². The Kier molecular flexibility index (Phi) is 386. The minimum Gasteiger partial charge on any atom is -1.00 e. The van der Waals surface area contributed by atoms with Gasteiger partial charge < -0.3 is 80.0 Å². The van der Waals surface area contributed by atoms with Gasteiger partial charge in [-0.3, -0.25) is 9.11 Å². The number of hydrogen-bond acceptors (Lipinski definition) is 6. The maximum atomic E-state index is 8.74. The molecule has 0 bridgehead atoms. The molecule has 0 unspecified atom stereocenters. The predicted octanol–water partition coefficient (Wildman–Crippen LogP) is 0.596. The molecule has 0 atom stereocenters. The SMILES string of the molecule is O=S(=O)(O)O.[CH3-].[CH3-].[CH3-].[CH3-].[Cu+2].[Cu+2].[Mo+2].[S-][S-].[SH-].[SH-]. The van der Waals surface area contributed by atoms with Gasteiger partial charge in [-0.15, -0.1) is 0 Å². The Balaban J connectivity index is -0.00000000242. The summed E-state index contributed by atoms with van der Waals surface area (Å²) in [5, 5.41) is 0. The molecule has 0 amide bonds. The molecule has 0 aliphatic rings. The minimum absolute atomic E-state index is 0. The fourth-order valence-corrected chi connectivity index (χ4v) is 0. The fraction of sp³-hybridized carbons (Fsp3) is 0. The van der Waals surface area contributed by atoms with Crippen LogP contribution in [-0.4, -0.2) is 17.5 Å². The molecule has 0 aromatic heterocycles. The van der Waals surface area contributed by atoms with Crippen LogP contribution in [0, 0.1) is 29.7 Å². The fourth-order valence-electron chi connectivity index (χ4n) is 0. The summed E-state index contributed by atoms with van der Waals surface area (Å²) in [5.74, 6) is 0. The van der Waals surface area contributed by atoms with E-state index in [0.29, 0.717) is 0 Å². The van der Waals surface area contributed by atoms with Gasteiger partial charge in [0.15, 0.2) is 0 Å². The zero-order valence-corrected chi connectivity index (χ0v) is 17.0. The van der Waals surface area contributed by atoms with Gasteiger partial charge in [-0.2, -0.15) is 8.42 Å². The van der Waals surface area contributed by atoms with Gasteiger partial charge in [0.05, 0.1) is 0 Å². The van der Waals surface area contributed by atoms with Gasteiger partial charge in [-0.1, -0.05) is 0 Å². The summed E-state index contributed by atoms with van der Waals surface area (Å²) in [7, 11) is -4.67. The normalized spacial score (nSPS) is 4.00. The smallest absolute Gasteiger partial charge is 1.00 e. The van der Waals surface area contributed by atoms with Crippen molar-refractivity contribution in [1.82, 2.24) is 0 Å². The van der Waals surface area contributed by atoms with Gasteiger partial charge in [0.2, 0.25) is 0 Å². The molecule has 2 radical (unpaired) electrons.